The van der Waals surface area contributed by atoms with Gasteiger partial charge in [-0.05, 0) is 6.92 Å². The third-order valence-electron chi connectivity index (χ3n) is 1.45. The minimum absolute atomic E-state index is 1.04. The van der Waals surface area contributed by atoms with Gasteiger partial charge in [-0.25, -0.2) is 4.98 Å². The van der Waals surface area contributed by atoms with Crippen LogP contribution in [0.15, 0.2) is 6.20 Å². The molecule has 0 bridgehead atoms. The Morgan fingerprint density at radius 1 is 1.78 bits per heavy atom. The number of hydrogen-bond donors (Lipinski definition) is 0. The molecule has 0 aliphatic rings. The Hall–Kier alpha value is -0.0600. The number of imidazole rings is 1. The summed E-state index contributed by atoms with van der Waals surface area (Å²) in [5.74, 6) is 1.08. The molecule has 0 atom stereocenters. The first-order valence-electron chi connectivity index (χ1n) is 2.79. The fourth-order valence-corrected chi connectivity index (χ4v) is 1.38. The fourth-order valence-electron chi connectivity index (χ4n) is 0.673. The van der Waals surface area contributed by atoms with Crippen molar-refractivity contribution in [1.29, 1.82) is 0 Å². The quantitative estimate of drug-likeness (QED) is 0.535. The van der Waals surface area contributed by atoms with Gasteiger partial charge in [0.1, 0.15) is 5.82 Å². The van der Waals surface area contributed by atoms with Crippen LogP contribution in [0.4, 0.5) is 0 Å². The number of aromatic nitrogens is 2. The summed E-state index contributed by atoms with van der Waals surface area (Å²) in [7, 11) is 2.04. The predicted octanol–water partition coefficient (Wildman–Crippen LogP) is 1.66. The van der Waals surface area contributed by atoms with E-state index in [9.17, 15) is 0 Å². The van der Waals surface area contributed by atoms with Crippen molar-refractivity contribution in [3.8, 4) is 0 Å². The Labute approximate surface area is 68.4 Å². The lowest BCUT2D eigenvalue weighted by atomic mass is 10.5. The van der Waals surface area contributed by atoms with Crippen molar-refractivity contribution in [2.45, 2.75) is 11.4 Å². The molecule has 0 aliphatic heterocycles. The highest BCUT2D eigenvalue weighted by atomic mass is 127. The molecule has 9 heavy (non-hydrogen) atoms. The Kier molecular flexibility index (Phi) is 2.10. The average Bonchev–Trinajstić information content (AvgIpc) is 2.15. The SMILES string of the molecule is Cc1ncc(CI)n1C. The fraction of sp³-hybridized carbons (Fsp3) is 0.500. The molecular formula is C6H9IN2. The van der Waals surface area contributed by atoms with Crippen molar-refractivity contribution < 1.29 is 0 Å². The maximum Gasteiger partial charge on any atom is 0.105 e. The second-order valence-corrected chi connectivity index (χ2v) is 2.75. The molecule has 0 amide bonds. The van der Waals surface area contributed by atoms with Crippen molar-refractivity contribution in [1.82, 2.24) is 9.55 Å². The zero-order valence-corrected chi connectivity index (χ0v) is 7.71. The molecule has 0 aliphatic carbocycles. The molecule has 1 aromatic heterocycles. The molecule has 0 saturated carbocycles. The molecular weight excluding hydrogens is 227 g/mol. The number of halogens is 1. The molecule has 0 N–H and O–H groups in total. The van der Waals surface area contributed by atoms with Crippen molar-refractivity contribution >= 4 is 22.6 Å². The molecule has 0 saturated heterocycles. The third-order valence-corrected chi connectivity index (χ3v) is 2.24. The molecule has 0 unspecified atom stereocenters. The number of nitrogens with zero attached hydrogens (tertiary/aromatic N) is 2. The summed E-state index contributed by atoms with van der Waals surface area (Å²) >= 11 is 2.33. The number of rotatable bonds is 1. The summed E-state index contributed by atoms with van der Waals surface area (Å²) in [5.41, 5.74) is 1.29. The van der Waals surface area contributed by atoms with Crippen LogP contribution in [0, 0.1) is 6.92 Å². The Morgan fingerprint density at radius 2 is 2.44 bits per heavy atom. The largest absolute Gasteiger partial charge is 0.335 e. The minimum atomic E-state index is 1.04. The normalized spacial score (nSPS) is 10.1. The van der Waals surface area contributed by atoms with Crippen LogP contribution in [0.2, 0.25) is 0 Å². The molecule has 1 heterocycles. The third kappa shape index (κ3) is 1.26. The van der Waals surface area contributed by atoms with Crippen LogP contribution in [0.5, 0.6) is 0 Å². The van der Waals surface area contributed by atoms with Gasteiger partial charge in [0.25, 0.3) is 0 Å². The van der Waals surface area contributed by atoms with Gasteiger partial charge in [0, 0.05) is 23.4 Å². The molecule has 3 heteroatoms. The first-order valence-corrected chi connectivity index (χ1v) is 4.31. The lowest BCUT2D eigenvalue weighted by molar-refractivity contribution is 0.826. The summed E-state index contributed by atoms with van der Waals surface area (Å²) in [5, 5.41) is 0. The molecule has 0 spiro atoms. The highest BCUT2D eigenvalue weighted by Gasteiger charge is 1.97. The highest BCUT2D eigenvalue weighted by Crippen LogP contribution is 2.05. The van der Waals surface area contributed by atoms with Gasteiger partial charge in [-0.3, -0.25) is 0 Å². The minimum Gasteiger partial charge on any atom is -0.335 e. The van der Waals surface area contributed by atoms with E-state index in [2.05, 4.69) is 32.1 Å². The second kappa shape index (κ2) is 2.68. The average molecular weight is 236 g/mol. The van der Waals surface area contributed by atoms with Gasteiger partial charge in [-0.15, -0.1) is 0 Å². The monoisotopic (exact) mass is 236 g/mol. The van der Waals surface area contributed by atoms with E-state index in [0.717, 1.165) is 10.3 Å². The summed E-state index contributed by atoms with van der Waals surface area (Å²) in [6, 6.07) is 0. The van der Waals surface area contributed by atoms with Crippen molar-refractivity contribution in [2.75, 3.05) is 0 Å². The van der Waals surface area contributed by atoms with Crippen LogP contribution in [0.1, 0.15) is 11.5 Å². The van der Waals surface area contributed by atoms with Crippen molar-refractivity contribution in [2.24, 2.45) is 7.05 Å². The van der Waals surface area contributed by atoms with Crippen LogP contribution in [0.3, 0.4) is 0 Å². The van der Waals surface area contributed by atoms with Crippen molar-refractivity contribution in [3.05, 3.63) is 17.7 Å². The first kappa shape index (κ1) is 7.05. The van der Waals surface area contributed by atoms with Gasteiger partial charge in [0.05, 0.1) is 0 Å². The molecule has 2 nitrogen and oxygen atoms in total. The van der Waals surface area contributed by atoms with Gasteiger partial charge in [-0.2, -0.15) is 0 Å². The van der Waals surface area contributed by atoms with Gasteiger partial charge in [0.15, 0.2) is 0 Å². The zero-order chi connectivity index (χ0) is 6.85. The van der Waals surface area contributed by atoms with Crippen molar-refractivity contribution in [3.63, 3.8) is 0 Å². The molecule has 0 aromatic carbocycles. The van der Waals surface area contributed by atoms with Gasteiger partial charge < -0.3 is 4.57 Å². The molecule has 1 aromatic rings. The smallest absolute Gasteiger partial charge is 0.105 e. The summed E-state index contributed by atoms with van der Waals surface area (Å²) in [4.78, 5) is 4.15. The van der Waals surface area contributed by atoms with E-state index in [-0.39, 0.29) is 0 Å². The summed E-state index contributed by atoms with van der Waals surface area (Å²) in [6.07, 6.45) is 1.92. The number of aryl methyl sites for hydroxylation is 1. The van der Waals surface area contributed by atoms with Crippen LogP contribution in [0.25, 0.3) is 0 Å². The molecule has 0 radical (unpaired) electrons. The Morgan fingerprint density at radius 3 is 2.67 bits per heavy atom. The Bertz CT molecular complexity index is 205. The van der Waals surface area contributed by atoms with Gasteiger partial charge in [-0.1, -0.05) is 22.6 Å². The maximum absolute atomic E-state index is 4.15. The highest BCUT2D eigenvalue weighted by molar-refractivity contribution is 14.1. The lowest BCUT2D eigenvalue weighted by Gasteiger charge is -1.96. The van der Waals surface area contributed by atoms with Crippen LogP contribution >= 0.6 is 22.6 Å². The van der Waals surface area contributed by atoms with E-state index < -0.39 is 0 Å². The topological polar surface area (TPSA) is 17.8 Å². The van der Waals surface area contributed by atoms with E-state index in [1.807, 2.05) is 20.2 Å². The lowest BCUT2D eigenvalue weighted by Crippen LogP contribution is -1.94. The van der Waals surface area contributed by atoms with Gasteiger partial charge in [0.2, 0.25) is 0 Å². The second-order valence-electron chi connectivity index (χ2n) is 1.99. The summed E-state index contributed by atoms with van der Waals surface area (Å²) < 4.78 is 3.14. The first-order chi connectivity index (χ1) is 4.25. The van der Waals surface area contributed by atoms with E-state index in [4.69, 9.17) is 0 Å². The summed E-state index contributed by atoms with van der Waals surface area (Å²) in [6.45, 7) is 2.01. The molecule has 1 rings (SSSR count). The van der Waals surface area contributed by atoms with Crippen LogP contribution in [-0.4, -0.2) is 9.55 Å². The predicted molar refractivity (Wildman–Crippen MR) is 45.7 cm³/mol. The molecule has 50 valence electrons. The maximum atomic E-state index is 4.15. The van der Waals surface area contributed by atoms with E-state index in [1.54, 1.807) is 0 Å². The zero-order valence-electron chi connectivity index (χ0n) is 5.56. The van der Waals surface area contributed by atoms with E-state index >= 15 is 0 Å². The van der Waals surface area contributed by atoms with Gasteiger partial charge >= 0.3 is 0 Å². The van der Waals surface area contributed by atoms with Crippen LogP contribution in [-0.2, 0) is 11.5 Å². The Balaban J connectivity index is 3.04. The standard InChI is InChI=1S/C6H9IN2/c1-5-8-4-6(3-7)9(5)2/h4H,3H2,1-2H3. The number of hydrogen-bond acceptors (Lipinski definition) is 1. The van der Waals surface area contributed by atoms with Crippen LogP contribution < -0.4 is 0 Å². The molecule has 0 fully saturated rings. The van der Waals surface area contributed by atoms with E-state index in [0.29, 0.717) is 0 Å². The number of alkyl halides is 1. The van der Waals surface area contributed by atoms with E-state index in [1.165, 1.54) is 5.69 Å².